The quantitative estimate of drug-likeness (QED) is 0.583. The lowest BCUT2D eigenvalue weighted by Gasteiger charge is -2.19. The fourth-order valence-electron chi connectivity index (χ4n) is 3.26. The van der Waals surface area contributed by atoms with Crippen LogP contribution < -0.4 is 5.32 Å². The lowest BCUT2D eigenvalue weighted by Crippen LogP contribution is -2.22. The van der Waals surface area contributed by atoms with Crippen molar-refractivity contribution in [3.8, 4) is 0 Å². The molecular weight excluding hydrogens is 432 g/mol. The Morgan fingerprint density at radius 1 is 0.871 bits per heavy atom. The minimum absolute atomic E-state index is 0.0239. The first-order chi connectivity index (χ1) is 14.7. The summed E-state index contributed by atoms with van der Waals surface area (Å²) >= 11 is 5.87. The smallest absolute Gasteiger partial charge is 0.282 e. The molecule has 0 heterocycles. The largest absolute Gasteiger partial charge is 0.352 e. The van der Waals surface area contributed by atoms with Gasteiger partial charge in [0.05, 0.1) is 16.3 Å². The molecule has 31 heavy (non-hydrogen) atoms. The van der Waals surface area contributed by atoms with Crippen LogP contribution in [0, 0.1) is 13.8 Å². The Kier molecular flexibility index (Phi) is 5.52. The average molecular weight is 451 g/mol. The second kappa shape index (κ2) is 8.13. The predicted molar refractivity (Wildman–Crippen MR) is 124 cm³/mol. The summed E-state index contributed by atoms with van der Waals surface area (Å²) in [6.45, 7) is 3.99. The first kappa shape index (κ1) is 21.0. The number of carbonyl (C=O) groups excluding carboxylic acids is 1. The highest BCUT2D eigenvalue weighted by Gasteiger charge is 2.26. The second-order valence-corrected chi connectivity index (χ2v) is 9.30. The van der Waals surface area contributed by atoms with Gasteiger partial charge in [-0.25, -0.2) is 0 Å². The van der Waals surface area contributed by atoms with Gasteiger partial charge in [0.2, 0.25) is 5.78 Å². The van der Waals surface area contributed by atoms with Crippen molar-refractivity contribution in [2.45, 2.75) is 18.7 Å². The first-order valence-electron chi connectivity index (χ1n) is 9.55. The second-order valence-electron chi connectivity index (χ2n) is 7.26. The van der Waals surface area contributed by atoms with Crippen molar-refractivity contribution < 1.29 is 13.2 Å². The lowest BCUT2D eigenvalue weighted by atomic mass is 9.92. The normalized spacial score (nSPS) is 14.9. The van der Waals surface area contributed by atoms with Crippen molar-refractivity contribution in [2.75, 3.05) is 5.32 Å². The summed E-state index contributed by atoms with van der Waals surface area (Å²) in [5, 5.41) is 3.55. The number of rotatable bonds is 4. The van der Waals surface area contributed by atoms with Gasteiger partial charge in [-0.05, 0) is 67.4 Å². The molecule has 1 N–H and O–H groups in total. The molecule has 0 fully saturated rings. The van der Waals surface area contributed by atoms with E-state index in [0.717, 1.165) is 16.8 Å². The lowest BCUT2D eigenvalue weighted by molar-refractivity contribution is 0.103. The molecule has 0 unspecified atom stereocenters. The van der Waals surface area contributed by atoms with Gasteiger partial charge in [0, 0.05) is 21.8 Å². The van der Waals surface area contributed by atoms with E-state index in [1.807, 2.05) is 32.0 Å². The molecule has 0 atom stereocenters. The first-order valence-corrected chi connectivity index (χ1v) is 11.4. The average Bonchev–Trinajstić information content (AvgIpc) is 2.74. The van der Waals surface area contributed by atoms with Crippen molar-refractivity contribution in [3.63, 3.8) is 0 Å². The molecule has 3 aromatic carbocycles. The van der Waals surface area contributed by atoms with Crippen LogP contribution in [0.15, 0.2) is 87.8 Å². The maximum Gasteiger partial charge on any atom is 0.282 e. The molecule has 1 aliphatic rings. The Hall–Kier alpha value is -3.22. The summed E-state index contributed by atoms with van der Waals surface area (Å²) < 4.78 is 29.8. The molecule has 5 nitrogen and oxygen atoms in total. The number of hydrogen-bond acceptors (Lipinski definition) is 4. The SMILES string of the molecule is Cc1ccc(NC2=C/C(=N/S(=O)(=O)c3ccc(Cl)cc3)c3ccccc3C2=O)cc1C. The van der Waals surface area contributed by atoms with Crippen LogP contribution in [0.25, 0.3) is 0 Å². The topological polar surface area (TPSA) is 75.6 Å². The van der Waals surface area contributed by atoms with Gasteiger partial charge in [-0.1, -0.05) is 41.9 Å². The molecule has 0 aromatic heterocycles. The van der Waals surface area contributed by atoms with Gasteiger partial charge < -0.3 is 5.32 Å². The van der Waals surface area contributed by atoms with Gasteiger partial charge in [0.1, 0.15) is 0 Å². The highest BCUT2D eigenvalue weighted by atomic mass is 35.5. The van der Waals surface area contributed by atoms with Gasteiger partial charge in [-0.15, -0.1) is 0 Å². The van der Waals surface area contributed by atoms with Crippen LogP contribution in [0.3, 0.4) is 0 Å². The minimum Gasteiger partial charge on any atom is -0.352 e. The maximum absolute atomic E-state index is 13.0. The van der Waals surface area contributed by atoms with E-state index in [1.54, 1.807) is 24.3 Å². The van der Waals surface area contributed by atoms with Crippen LogP contribution in [0.5, 0.6) is 0 Å². The number of nitrogens with zero attached hydrogens (tertiary/aromatic N) is 1. The Labute approximate surface area is 186 Å². The highest BCUT2D eigenvalue weighted by molar-refractivity contribution is 7.90. The zero-order valence-electron chi connectivity index (χ0n) is 16.9. The Balaban J connectivity index is 1.80. The van der Waals surface area contributed by atoms with Crippen LogP contribution in [0.1, 0.15) is 27.0 Å². The number of ketones is 1. The third-order valence-corrected chi connectivity index (χ3v) is 6.65. The number of Topliss-reactive ketones (excluding diaryl/α,β-unsaturated/α-hetero) is 1. The number of hydrogen-bond donors (Lipinski definition) is 1. The van der Waals surface area contributed by atoms with Crippen LogP contribution in [-0.4, -0.2) is 19.9 Å². The number of benzene rings is 3. The molecule has 156 valence electrons. The number of anilines is 1. The molecule has 0 amide bonds. The molecule has 0 spiro atoms. The summed E-state index contributed by atoms with van der Waals surface area (Å²) in [7, 11) is -4.00. The third-order valence-electron chi connectivity index (χ3n) is 5.09. The van der Waals surface area contributed by atoms with E-state index in [-0.39, 0.29) is 22.1 Å². The molecule has 0 saturated carbocycles. The molecule has 0 aliphatic heterocycles. The summed E-state index contributed by atoms with van der Waals surface area (Å²) in [5.74, 6) is -0.225. The molecule has 7 heteroatoms. The third kappa shape index (κ3) is 4.31. The molecule has 4 rings (SSSR count). The van der Waals surface area contributed by atoms with E-state index in [2.05, 4.69) is 9.71 Å². The van der Waals surface area contributed by atoms with Crippen molar-refractivity contribution >= 4 is 38.8 Å². The monoisotopic (exact) mass is 450 g/mol. The van der Waals surface area contributed by atoms with Crippen LogP contribution >= 0.6 is 11.6 Å². The Morgan fingerprint density at radius 3 is 2.23 bits per heavy atom. The van der Waals surface area contributed by atoms with Crippen LogP contribution in [0.4, 0.5) is 5.69 Å². The standard InChI is InChI=1S/C24H19ClN2O3S/c1-15-7-10-18(13-16(15)2)26-23-14-22(20-5-3-4-6-21(20)24(23)28)27-31(29,30)19-11-8-17(25)9-12-19/h3-14,26H,1-2H3/b27-22-. The predicted octanol–water partition coefficient (Wildman–Crippen LogP) is 5.33. The molecule has 1 aliphatic carbocycles. The van der Waals surface area contributed by atoms with Crippen molar-refractivity contribution in [1.82, 2.24) is 0 Å². The number of fused-ring (bicyclic) bond motifs is 1. The van der Waals surface area contributed by atoms with Crippen molar-refractivity contribution in [1.29, 1.82) is 0 Å². The molecule has 0 radical (unpaired) electrons. The number of halogens is 1. The number of aryl methyl sites for hydroxylation is 2. The molecule has 0 bridgehead atoms. The van der Waals surface area contributed by atoms with E-state index < -0.39 is 10.0 Å². The van der Waals surface area contributed by atoms with Gasteiger partial charge in [0.15, 0.2) is 0 Å². The van der Waals surface area contributed by atoms with E-state index in [9.17, 15) is 13.2 Å². The Morgan fingerprint density at radius 2 is 1.55 bits per heavy atom. The number of nitrogens with one attached hydrogen (secondary N) is 1. The minimum atomic E-state index is -4.00. The zero-order chi connectivity index (χ0) is 22.2. The fraction of sp³-hybridized carbons (Fsp3) is 0.0833. The summed E-state index contributed by atoms with van der Waals surface area (Å²) in [6, 6.07) is 18.4. The van der Waals surface area contributed by atoms with Gasteiger partial charge in [-0.3, -0.25) is 4.79 Å². The molecule has 0 saturated heterocycles. The summed E-state index contributed by atoms with van der Waals surface area (Å²) in [4.78, 5) is 13.1. The maximum atomic E-state index is 13.0. The van der Waals surface area contributed by atoms with Crippen molar-refractivity contribution in [2.24, 2.45) is 4.40 Å². The van der Waals surface area contributed by atoms with Gasteiger partial charge >= 0.3 is 0 Å². The summed E-state index contributed by atoms with van der Waals surface area (Å²) in [6.07, 6.45) is 1.48. The van der Waals surface area contributed by atoms with Crippen molar-refractivity contribution in [3.05, 3.63) is 106 Å². The van der Waals surface area contributed by atoms with Crippen LogP contribution in [-0.2, 0) is 10.0 Å². The van der Waals surface area contributed by atoms with E-state index in [0.29, 0.717) is 16.1 Å². The highest BCUT2D eigenvalue weighted by Crippen LogP contribution is 2.26. The van der Waals surface area contributed by atoms with E-state index in [1.165, 1.54) is 30.3 Å². The zero-order valence-corrected chi connectivity index (χ0v) is 18.5. The number of sulfonamides is 1. The molecular formula is C24H19ClN2O3S. The van der Waals surface area contributed by atoms with E-state index in [4.69, 9.17) is 11.6 Å². The Bertz CT molecular complexity index is 1360. The summed E-state index contributed by atoms with van der Waals surface area (Å²) in [5.41, 5.74) is 4.26. The molecule has 3 aromatic rings. The fourth-order valence-corrected chi connectivity index (χ4v) is 4.38. The van der Waals surface area contributed by atoms with E-state index >= 15 is 0 Å². The van der Waals surface area contributed by atoms with Crippen LogP contribution in [0.2, 0.25) is 5.02 Å². The number of carbonyl (C=O) groups is 1. The van der Waals surface area contributed by atoms with Gasteiger partial charge in [0.25, 0.3) is 10.0 Å². The van der Waals surface area contributed by atoms with Gasteiger partial charge in [-0.2, -0.15) is 12.8 Å². The number of allylic oxidation sites excluding steroid dienone is 2.